The van der Waals surface area contributed by atoms with Crippen LogP contribution in [0.25, 0.3) is 0 Å². The van der Waals surface area contributed by atoms with E-state index in [1.54, 1.807) is 0 Å². The van der Waals surface area contributed by atoms with Gasteiger partial charge < -0.3 is 14.9 Å². The normalized spacial score (nSPS) is 26.9. The Bertz CT molecular complexity index is 377. The second-order valence-corrected chi connectivity index (χ2v) is 4.19. The second-order valence-electron chi connectivity index (χ2n) is 4.19. The minimum atomic E-state index is -1.09. The maximum atomic E-state index is 11.5. The van der Waals surface area contributed by atoms with E-state index in [9.17, 15) is 15.0 Å². The first-order chi connectivity index (χ1) is 7.65. The van der Waals surface area contributed by atoms with Crippen LogP contribution < -0.4 is 0 Å². The maximum Gasteiger partial charge on any atom is 0.342 e. The van der Waals surface area contributed by atoms with Crippen LogP contribution in [0.15, 0.2) is 23.0 Å². The molecule has 2 aliphatic rings. The van der Waals surface area contributed by atoms with Gasteiger partial charge in [-0.05, 0) is 25.3 Å². The van der Waals surface area contributed by atoms with Crippen LogP contribution in [0.5, 0.6) is 0 Å². The number of allylic oxidation sites excluding steroid dienone is 2. The first kappa shape index (κ1) is 20.9. The second kappa shape index (κ2) is 8.68. The highest BCUT2D eigenvalue weighted by Crippen LogP contribution is 2.37. The molecule has 2 N–H and O–H groups in total. The van der Waals surface area contributed by atoms with Gasteiger partial charge in [-0.3, -0.25) is 0 Å². The third-order valence-electron chi connectivity index (χ3n) is 3.01. The predicted octanol–water partition coefficient (Wildman–Crippen LogP) is 1.90. The number of ether oxygens (including phenoxy) is 1. The standard InChI is InChI=1S/C12H16O4.CH4.2H2S/c1-2-3-4-9-7-5-6-8(13)11(14)10(7)12(15)16-9;;;/h4,8,11,13-14H,2-3,5-6H2,1H3;1H4;2*1H2/b9-4-;;;/t8-,11+;;;/m0.../s1. The lowest BCUT2D eigenvalue weighted by molar-refractivity contribution is -0.135. The smallest absolute Gasteiger partial charge is 0.342 e. The Morgan fingerprint density at radius 1 is 1.37 bits per heavy atom. The van der Waals surface area contributed by atoms with Crippen molar-refractivity contribution in [2.45, 2.75) is 52.2 Å². The highest BCUT2D eigenvalue weighted by atomic mass is 32.1. The lowest BCUT2D eigenvalue weighted by Gasteiger charge is -2.22. The molecular formula is C13H24O4S2. The fourth-order valence-corrected chi connectivity index (χ4v) is 2.11. The summed E-state index contributed by atoms with van der Waals surface area (Å²) in [4.78, 5) is 11.5. The van der Waals surface area contributed by atoms with Crippen molar-refractivity contribution in [3.63, 3.8) is 0 Å². The van der Waals surface area contributed by atoms with Gasteiger partial charge in [-0.15, -0.1) is 0 Å². The third kappa shape index (κ3) is 4.02. The van der Waals surface area contributed by atoms with Crippen molar-refractivity contribution in [3.05, 3.63) is 23.0 Å². The van der Waals surface area contributed by atoms with E-state index in [1.807, 2.05) is 13.0 Å². The Morgan fingerprint density at radius 2 is 2.00 bits per heavy atom. The lowest BCUT2D eigenvalue weighted by Crippen LogP contribution is -2.33. The highest BCUT2D eigenvalue weighted by molar-refractivity contribution is 7.59. The summed E-state index contributed by atoms with van der Waals surface area (Å²) in [7, 11) is 0. The van der Waals surface area contributed by atoms with Crippen LogP contribution in [0.3, 0.4) is 0 Å². The van der Waals surface area contributed by atoms with Crippen LogP contribution in [0.4, 0.5) is 0 Å². The van der Waals surface area contributed by atoms with E-state index in [4.69, 9.17) is 4.74 Å². The number of rotatable bonds is 2. The zero-order valence-electron chi connectivity index (χ0n) is 10.3. The summed E-state index contributed by atoms with van der Waals surface area (Å²) in [5.41, 5.74) is 1.03. The molecule has 0 radical (unpaired) electrons. The summed E-state index contributed by atoms with van der Waals surface area (Å²) >= 11 is 0. The molecule has 0 bridgehead atoms. The largest absolute Gasteiger partial charge is 0.423 e. The van der Waals surface area contributed by atoms with Crippen LogP contribution in [0.1, 0.15) is 40.0 Å². The third-order valence-corrected chi connectivity index (χ3v) is 3.01. The molecule has 2 atom stereocenters. The average Bonchev–Trinajstić information content (AvgIpc) is 2.58. The minimum absolute atomic E-state index is 0. The van der Waals surface area contributed by atoms with Crippen LogP contribution in [-0.2, 0) is 9.53 Å². The van der Waals surface area contributed by atoms with Gasteiger partial charge >= 0.3 is 5.97 Å². The number of cyclic esters (lactones) is 1. The van der Waals surface area contributed by atoms with Crippen molar-refractivity contribution in [2.24, 2.45) is 0 Å². The van der Waals surface area contributed by atoms with Gasteiger partial charge in [-0.1, -0.05) is 20.8 Å². The van der Waals surface area contributed by atoms with Gasteiger partial charge in [-0.25, -0.2) is 4.79 Å². The Kier molecular flexibility index (Phi) is 9.54. The van der Waals surface area contributed by atoms with Crippen molar-refractivity contribution in [1.82, 2.24) is 0 Å². The molecule has 0 aromatic rings. The van der Waals surface area contributed by atoms with E-state index in [0.717, 1.165) is 18.4 Å². The van der Waals surface area contributed by atoms with E-state index >= 15 is 0 Å². The summed E-state index contributed by atoms with van der Waals surface area (Å²) in [5, 5.41) is 19.2. The van der Waals surface area contributed by atoms with Gasteiger partial charge in [0.1, 0.15) is 11.9 Å². The molecule has 4 nitrogen and oxygen atoms in total. The van der Waals surface area contributed by atoms with Gasteiger partial charge in [0.15, 0.2) is 0 Å². The van der Waals surface area contributed by atoms with Crippen molar-refractivity contribution >= 4 is 33.0 Å². The molecule has 0 aromatic carbocycles. The fraction of sp³-hybridized carbons (Fsp3) is 0.615. The van der Waals surface area contributed by atoms with Crippen LogP contribution in [0, 0.1) is 0 Å². The van der Waals surface area contributed by atoms with Crippen LogP contribution in [-0.4, -0.2) is 28.4 Å². The Hall–Kier alpha value is -0.430. The summed E-state index contributed by atoms with van der Waals surface area (Å²) in [6, 6.07) is 0. The van der Waals surface area contributed by atoms with E-state index in [0.29, 0.717) is 18.6 Å². The molecule has 112 valence electrons. The van der Waals surface area contributed by atoms with Crippen molar-refractivity contribution in [1.29, 1.82) is 0 Å². The summed E-state index contributed by atoms with van der Waals surface area (Å²) in [5.74, 6) is 0.0661. The molecule has 19 heavy (non-hydrogen) atoms. The number of carbonyl (C=O) groups is 1. The Labute approximate surface area is 128 Å². The monoisotopic (exact) mass is 308 g/mol. The molecule has 2 rings (SSSR count). The van der Waals surface area contributed by atoms with Crippen LogP contribution in [0.2, 0.25) is 0 Å². The van der Waals surface area contributed by atoms with E-state index in [2.05, 4.69) is 0 Å². The topological polar surface area (TPSA) is 66.8 Å². The summed E-state index contributed by atoms with van der Waals surface area (Å²) in [6.45, 7) is 2.04. The first-order valence-corrected chi connectivity index (χ1v) is 5.67. The van der Waals surface area contributed by atoms with Crippen LogP contribution >= 0.6 is 27.0 Å². The molecule has 1 aliphatic heterocycles. The van der Waals surface area contributed by atoms with Gasteiger partial charge in [-0.2, -0.15) is 27.0 Å². The molecule has 0 saturated heterocycles. The van der Waals surface area contributed by atoms with Gasteiger partial charge in [0.25, 0.3) is 0 Å². The molecule has 0 aromatic heterocycles. The summed E-state index contributed by atoms with van der Waals surface area (Å²) in [6.07, 6.45) is 2.83. The first-order valence-electron chi connectivity index (χ1n) is 5.67. The molecule has 0 saturated carbocycles. The highest BCUT2D eigenvalue weighted by Gasteiger charge is 2.40. The molecule has 0 unspecified atom stereocenters. The zero-order valence-corrected chi connectivity index (χ0v) is 12.3. The molecule has 0 amide bonds. The molecule has 1 aliphatic carbocycles. The summed E-state index contributed by atoms with van der Waals surface area (Å²) < 4.78 is 5.11. The maximum absolute atomic E-state index is 11.5. The van der Waals surface area contributed by atoms with Crippen molar-refractivity contribution in [3.8, 4) is 0 Å². The molecule has 6 heteroatoms. The molecule has 1 heterocycles. The number of unbranched alkanes of at least 4 members (excludes halogenated alkanes) is 1. The average molecular weight is 308 g/mol. The number of esters is 1. The molecule has 0 fully saturated rings. The quantitative estimate of drug-likeness (QED) is 0.765. The van der Waals surface area contributed by atoms with Gasteiger partial charge in [0.05, 0.1) is 11.7 Å². The van der Waals surface area contributed by atoms with E-state index in [1.165, 1.54) is 0 Å². The number of hydrogen-bond donors (Lipinski definition) is 2. The predicted molar refractivity (Wildman–Crippen MR) is 84.8 cm³/mol. The van der Waals surface area contributed by atoms with E-state index in [-0.39, 0.29) is 40.0 Å². The van der Waals surface area contributed by atoms with Crippen molar-refractivity contribution < 1.29 is 19.7 Å². The molecule has 0 spiro atoms. The minimum Gasteiger partial charge on any atom is -0.423 e. The Balaban J connectivity index is 0. The number of aliphatic hydroxyl groups excluding tert-OH is 2. The number of hydrogen-bond acceptors (Lipinski definition) is 4. The van der Waals surface area contributed by atoms with Crippen molar-refractivity contribution in [2.75, 3.05) is 0 Å². The van der Waals surface area contributed by atoms with E-state index < -0.39 is 18.2 Å². The fourth-order valence-electron chi connectivity index (χ4n) is 2.11. The molecular weight excluding hydrogens is 284 g/mol. The SMILES string of the molecule is C.CCC/C=C1\OC(=O)C2=C1CC[C@H](O)[C@H]2O.S.S. The zero-order chi connectivity index (χ0) is 11.7. The van der Waals surface area contributed by atoms with Gasteiger partial charge in [0, 0.05) is 5.57 Å². The van der Waals surface area contributed by atoms with Gasteiger partial charge in [0.2, 0.25) is 0 Å². The lowest BCUT2D eigenvalue weighted by atomic mass is 9.87. The number of aliphatic hydroxyl groups is 2. The number of carbonyl (C=O) groups excluding carboxylic acids is 1. The Morgan fingerprint density at radius 3 is 2.58 bits per heavy atom.